The molecule has 3 N–H and O–H groups in total. The molecular weight excluding hydrogens is 375 g/mol. The lowest BCUT2D eigenvalue weighted by Crippen LogP contribution is -2.59. The highest BCUT2D eigenvalue weighted by Crippen LogP contribution is 2.60. The van der Waals surface area contributed by atoms with E-state index < -0.39 is 5.82 Å². The van der Waals surface area contributed by atoms with Gasteiger partial charge in [0.05, 0.1) is 5.41 Å². The first-order valence-electron chi connectivity index (χ1n) is 10.6. The van der Waals surface area contributed by atoms with Crippen LogP contribution in [0.4, 0.5) is 15.0 Å². The van der Waals surface area contributed by atoms with Crippen molar-refractivity contribution in [2.45, 2.75) is 50.7 Å². The molecule has 8 heteroatoms. The summed E-state index contributed by atoms with van der Waals surface area (Å²) in [7, 11) is 0. The third kappa shape index (κ3) is 3.22. The van der Waals surface area contributed by atoms with Crippen LogP contribution in [0.25, 0.3) is 0 Å². The molecule has 0 spiro atoms. The molecule has 1 aliphatic heterocycles. The first-order valence-corrected chi connectivity index (χ1v) is 10.6. The van der Waals surface area contributed by atoms with Gasteiger partial charge < -0.3 is 20.7 Å². The van der Waals surface area contributed by atoms with Crippen LogP contribution in [0.1, 0.15) is 38.5 Å². The SMILES string of the molecule is NC(=O)[C@]12CC3CC(C1)C(OC(=O)N1CC[C@@H](Nc4ncccc4F)C1)[C@@H](C3)C2. The number of ether oxygens (including phenoxy) is 1. The zero-order valence-electron chi connectivity index (χ0n) is 16.4. The summed E-state index contributed by atoms with van der Waals surface area (Å²) in [6, 6.07) is 2.86. The highest BCUT2D eigenvalue weighted by atomic mass is 19.1. The molecule has 6 rings (SSSR count). The third-order valence-electron chi connectivity index (χ3n) is 7.49. The number of halogens is 1. The Morgan fingerprint density at radius 1 is 1.28 bits per heavy atom. The van der Waals surface area contributed by atoms with Crippen LogP contribution in [0.2, 0.25) is 0 Å². The van der Waals surface area contributed by atoms with Crippen molar-refractivity contribution < 1.29 is 18.7 Å². The molecule has 6 atom stereocenters. The molecule has 0 aromatic carbocycles. The van der Waals surface area contributed by atoms with Gasteiger partial charge in [-0.15, -0.1) is 0 Å². The van der Waals surface area contributed by atoms with Crippen LogP contribution in [0, 0.1) is 29.0 Å². The Hall–Kier alpha value is -2.38. The second-order valence-corrected chi connectivity index (χ2v) is 9.37. The summed E-state index contributed by atoms with van der Waals surface area (Å²) in [5.74, 6) is 0.630. The molecule has 2 heterocycles. The number of carbonyl (C=O) groups is 2. The first kappa shape index (κ1) is 18.6. The number of nitrogens with zero attached hydrogens (tertiary/aromatic N) is 2. The largest absolute Gasteiger partial charge is 0.446 e. The lowest BCUT2D eigenvalue weighted by atomic mass is 9.48. The normalized spacial score (nSPS) is 37.6. The van der Waals surface area contributed by atoms with Gasteiger partial charge in [0.2, 0.25) is 5.91 Å². The van der Waals surface area contributed by atoms with Crippen LogP contribution in [0.3, 0.4) is 0 Å². The van der Waals surface area contributed by atoms with E-state index in [0.717, 1.165) is 38.5 Å². The zero-order chi connectivity index (χ0) is 20.2. The van der Waals surface area contributed by atoms with Gasteiger partial charge in [-0.25, -0.2) is 14.2 Å². The summed E-state index contributed by atoms with van der Waals surface area (Å²) in [5, 5.41) is 3.08. The molecule has 29 heavy (non-hydrogen) atoms. The number of hydrogen-bond donors (Lipinski definition) is 2. The minimum atomic E-state index is -0.398. The zero-order valence-corrected chi connectivity index (χ0v) is 16.4. The monoisotopic (exact) mass is 402 g/mol. The number of pyridine rings is 1. The van der Waals surface area contributed by atoms with E-state index in [-0.39, 0.29) is 47.2 Å². The fraction of sp³-hybridized carbons (Fsp3) is 0.667. The standard InChI is InChI=1S/C21H27FN4O3/c22-16-2-1-4-24-18(16)25-15-3-5-26(11-15)20(28)29-17-13-6-12-7-14(17)10-21(8-12,9-13)19(23)27/h1-2,4,12-15,17H,3,5-11H2,(H2,23,27)(H,24,25)/t12?,13-,14?,15+,17?,21-/m0/s1. The molecule has 1 saturated heterocycles. The maximum absolute atomic E-state index is 13.8. The lowest BCUT2D eigenvalue weighted by Gasteiger charge is -2.58. The number of likely N-dealkylation sites (tertiary alicyclic amines) is 1. The Kier molecular flexibility index (Phi) is 4.40. The smallest absolute Gasteiger partial charge is 0.410 e. The average molecular weight is 402 g/mol. The second-order valence-electron chi connectivity index (χ2n) is 9.37. The maximum atomic E-state index is 13.8. The Balaban J connectivity index is 1.20. The number of carbonyl (C=O) groups excluding carboxylic acids is 2. The predicted octanol–water partition coefficient (Wildman–Crippen LogP) is 2.52. The van der Waals surface area contributed by atoms with Crippen LogP contribution in [0.15, 0.2) is 18.3 Å². The molecule has 7 nitrogen and oxygen atoms in total. The van der Waals surface area contributed by atoms with E-state index in [4.69, 9.17) is 10.5 Å². The van der Waals surface area contributed by atoms with Crippen molar-refractivity contribution in [3.05, 3.63) is 24.1 Å². The van der Waals surface area contributed by atoms with Crippen molar-refractivity contribution in [1.29, 1.82) is 0 Å². The summed E-state index contributed by atoms with van der Waals surface area (Å²) in [5.41, 5.74) is 5.35. The van der Waals surface area contributed by atoms with Gasteiger partial charge in [-0.05, 0) is 68.4 Å². The van der Waals surface area contributed by atoms with Gasteiger partial charge in [-0.3, -0.25) is 4.79 Å². The minimum absolute atomic E-state index is 0.0522. The van der Waals surface area contributed by atoms with Crippen LogP contribution >= 0.6 is 0 Å². The Morgan fingerprint density at radius 3 is 2.72 bits per heavy atom. The van der Waals surface area contributed by atoms with Crippen molar-refractivity contribution in [3.63, 3.8) is 0 Å². The van der Waals surface area contributed by atoms with Crippen LogP contribution in [-0.4, -0.2) is 47.1 Å². The van der Waals surface area contributed by atoms with Crippen LogP contribution < -0.4 is 11.1 Å². The Bertz CT molecular complexity index is 818. The second kappa shape index (κ2) is 6.85. The Labute approximate surface area is 169 Å². The highest BCUT2D eigenvalue weighted by Gasteiger charge is 2.59. The van der Waals surface area contributed by atoms with E-state index in [2.05, 4.69) is 10.3 Å². The topological polar surface area (TPSA) is 97.6 Å². The molecule has 156 valence electrons. The number of amides is 2. The summed E-state index contributed by atoms with van der Waals surface area (Å²) < 4.78 is 19.8. The number of nitrogens with two attached hydrogens (primary N) is 1. The van der Waals surface area contributed by atoms with Crippen molar-refractivity contribution in [2.24, 2.45) is 28.9 Å². The Morgan fingerprint density at radius 2 is 2.03 bits per heavy atom. The molecule has 0 radical (unpaired) electrons. The van der Waals surface area contributed by atoms with Gasteiger partial charge in [-0.1, -0.05) is 0 Å². The molecule has 4 saturated carbocycles. The highest BCUT2D eigenvalue weighted by molar-refractivity contribution is 5.81. The maximum Gasteiger partial charge on any atom is 0.410 e. The summed E-state index contributed by atoms with van der Waals surface area (Å²) >= 11 is 0. The predicted molar refractivity (Wildman–Crippen MR) is 103 cm³/mol. The van der Waals surface area contributed by atoms with Crippen molar-refractivity contribution in [2.75, 3.05) is 18.4 Å². The number of primary amides is 1. The fourth-order valence-corrected chi connectivity index (χ4v) is 6.39. The van der Waals surface area contributed by atoms with E-state index in [9.17, 15) is 14.0 Å². The minimum Gasteiger partial charge on any atom is -0.446 e. The lowest BCUT2D eigenvalue weighted by molar-refractivity contribution is -0.161. The molecule has 5 fully saturated rings. The van der Waals surface area contributed by atoms with Crippen molar-refractivity contribution in [1.82, 2.24) is 9.88 Å². The fourth-order valence-electron chi connectivity index (χ4n) is 6.39. The van der Waals surface area contributed by atoms with Crippen LogP contribution in [-0.2, 0) is 9.53 Å². The van der Waals surface area contributed by atoms with E-state index >= 15 is 0 Å². The average Bonchev–Trinajstić information content (AvgIpc) is 3.14. The van der Waals surface area contributed by atoms with Gasteiger partial charge in [0, 0.05) is 25.3 Å². The number of aromatic nitrogens is 1. The molecule has 5 aliphatic rings. The first-order chi connectivity index (χ1) is 13.9. The summed E-state index contributed by atoms with van der Waals surface area (Å²) in [6.07, 6.45) is 6.27. The quantitative estimate of drug-likeness (QED) is 0.807. The van der Waals surface area contributed by atoms with Crippen molar-refractivity contribution in [3.8, 4) is 0 Å². The van der Waals surface area contributed by atoms with Gasteiger partial charge in [0.15, 0.2) is 11.6 Å². The molecular formula is C21H27FN4O3. The van der Waals surface area contributed by atoms with Crippen LogP contribution in [0.5, 0.6) is 0 Å². The van der Waals surface area contributed by atoms with Gasteiger partial charge in [-0.2, -0.15) is 0 Å². The molecule has 4 bridgehead atoms. The third-order valence-corrected chi connectivity index (χ3v) is 7.49. The van der Waals surface area contributed by atoms with Crippen molar-refractivity contribution >= 4 is 17.8 Å². The van der Waals surface area contributed by atoms with E-state index in [1.807, 2.05) is 0 Å². The summed E-state index contributed by atoms with van der Waals surface area (Å²) in [4.78, 5) is 30.6. The molecule has 1 aromatic heterocycles. The van der Waals surface area contributed by atoms with Gasteiger partial charge >= 0.3 is 6.09 Å². The van der Waals surface area contributed by atoms with E-state index in [1.165, 1.54) is 12.3 Å². The summed E-state index contributed by atoms with van der Waals surface area (Å²) in [6.45, 7) is 1.03. The molecule has 4 aliphatic carbocycles. The number of nitrogens with one attached hydrogen (secondary N) is 1. The number of rotatable bonds is 4. The van der Waals surface area contributed by atoms with E-state index in [0.29, 0.717) is 19.0 Å². The van der Waals surface area contributed by atoms with E-state index in [1.54, 1.807) is 11.0 Å². The van der Waals surface area contributed by atoms with Gasteiger partial charge in [0.25, 0.3) is 0 Å². The number of anilines is 1. The number of hydrogen-bond acceptors (Lipinski definition) is 5. The molecule has 3 unspecified atom stereocenters. The molecule has 2 amide bonds. The van der Waals surface area contributed by atoms with Gasteiger partial charge in [0.1, 0.15) is 6.10 Å². The molecule has 1 aromatic rings.